The van der Waals surface area contributed by atoms with Crippen LogP contribution in [0.4, 0.5) is 0 Å². The molecule has 6 nitrogen and oxygen atoms in total. The number of nitrogens with two attached hydrogens (primary N) is 1. The SMILES string of the molecule is CC(C)[C@H](N)C(=O)O.c1cnc2cncn2c1. The third-order valence-corrected chi connectivity index (χ3v) is 2.19. The first-order valence-corrected chi connectivity index (χ1v) is 5.23. The lowest BCUT2D eigenvalue weighted by Crippen LogP contribution is -2.34. The van der Waals surface area contributed by atoms with Crippen LogP contribution < -0.4 is 5.73 Å². The van der Waals surface area contributed by atoms with Crippen LogP contribution in [-0.2, 0) is 4.79 Å². The lowest BCUT2D eigenvalue weighted by molar-refractivity contribution is -0.139. The third kappa shape index (κ3) is 3.84. The summed E-state index contributed by atoms with van der Waals surface area (Å²) in [7, 11) is 0. The molecule has 3 N–H and O–H groups in total. The van der Waals surface area contributed by atoms with E-state index >= 15 is 0 Å². The Labute approximate surface area is 99.1 Å². The van der Waals surface area contributed by atoms with E-state index in [1.165, 1.54) is 0 Å². The number of carbonyl (C=O) groups is 1. The molecule has 92 valence electrons. The lowest BCUT2D eigenvalue weighted by atomic mass is 10.1. The Kier molecular flexibility index (Phi) is 4.59. The van der Waals surface area contributed by atoms with Gasteiger partial charge in [0.25, 0.3) is 0 Å². The van der Waals surface area contributed by atoms with Gasteiger partial charge in [0.2, 0.25) is 0 Å². The second-order valence-electron chi connectivity index (χ2n) is 3.89. The van der Waals surface area contributed by atoms with Crippen LogP contribution >= 0.6 is 0 Å². The van der Waals surface area contributed by atoms with Crippen molar-refractivity contribution in [2.24, 2.45) is 11.7 Å². The highest BCUT2D eigenvalue weighted by atomic mass is 16.4. The minimum absolute atomic E-state index is 0.0208. The summed E-state index contributed by atoms with van der Waals surface area (Å²) in [5.41, 5.74) is 6.05. The average Bonchev–Trinajstić information content (AvgIpc) is 2.76. The number of fused-ring (bicyclic) bond motifs is 1. The highest BCUT2D eigenvalue weighted by Gasteiger charge is 2.14. The van der Waals surface area contributed by atoms with Gasteiger partial charge >= 0.3 is 5.97 Å². The van der Waals surface area contributed by atoms with E-state index in [4.69, 9.17) is 10.8 Å². The van der Waals surface area contributed by atoms with Crippen molar-refractivity contribution in [3.8, 4) is 0 Å². The van der Waals surface area contributed by atoms with Gasteiger partial charge in [-0.05, 0) is 12.0 Å². The molecule has 0 radical (unpaired) electrons. The first-order chi connectivity index (χ1) is 8.02. The second-order valence-corrected chi connectivity index (χ2v) is 3.89. The predicted octanol–water partition coefficient (Wildman–Crippen LogP) is 0.784. The molecule has 2 aromatic heterocycles. The van der Waals surface area contributed by atoms with Crippen molar-refractivity contribution >= 4 is 11.6 Å². The summed E-state index contributed by atoms with van der Waals surface area (Å²) in [5.74, 6) is -0.910. The van der Waals surface area contributed by atoms with E-state index in [0.29, 0.717) is 0 Å². The van der Waals surface area contributed by atoms with E-state index in [2.05, 4.69) is 9.97 Å². The number of carboxylic acids is 1. The quantitative estimate of drug-likeness (QED) is 0.803. The molecule has 0 aliphatic heterocycles. The van der Waals surface area contributed by atoms with Gasteiger partial charge < -0.3 is 10.8 Å². The molecule has 0 amide bonds. The van der Waals surface area contributed by atoms with Crippen LogP contribution in [0.25, 0.3) is 5.65 Å². The van der Waals surface area contributed by atoms with Crippen LogP contribution in [0.15, 0.2) is 31.0 Å². The zero-order valence-electron chi connectivity index (χ0n) is 9.82. The van der Waals surface area contributed by atoms with Gasteiger partial charge in [-0.2, -0.15) is 0 Å². The monoisotopic (exact) mass is 236 g/mol. The zero-order chi connectivity index (χ0) is 12.8. The first-order valence-electron chi connectivity index (χ1n) is 5.23. The Balaban J connectivity index is 0.000000172. The highest BCUT2D eigenvalue weighted by molar-refractivity contribution is 5.73. The molecule has 17 heavy (non-hydrogen) atoms. The zero-order valence-corrected chi connectivity index (χ0v) is 9.82. The number of carboxylic acid groups (broad SMARTS) is 1. The van der Waals surface area contributed by atoms with Crippen LogP contribution in [0, 0.1) is 5.92 Å². The highest BCUT2D eigenvalue weighted by Crippen LogP contribution is 1.96. The summed E-state index contributed by atoms with van der Waals surface area (Å²) >= 11 is 0. The number of aliphatic carboxylic acids is 1. The van der Waals surface area contributed by atoms with E-state index < -0.39 is 12.0 Å². The maximum Gasteiger partial charge on any atom is 0.320 e. The lowest BCUT2D eigenvalue weighted by Gasteiger charge is -2.07. The molecule has 0 fully saturated rings. The van der Waals surface area contributed by atoms with E-state index in [-0.39, 0.29) is 5.92 Å². The molecule has 0 bridgehead atoms. The molecule has 2 heterocycles. The molecule has 2 aromatic rings. The van der Waals surface area contributed by atoms with Gasteiger partial charge in [0.15, 0.2) is 5.65 Å². The molecular weight excluding hydrogens is 220 g/mol. The molecule has 0 saturated heterocycles. The van der Waals surface area contributed by atoms with Crippen LogP contribution in [0.1, 0.15) is 13.8 Å². The summed E-state index contributed by atoms with van der Waals surface area (Å²) in [6.45, 7) is 3.55. The van der Waals surface area contributed by atoms with E-state index in [9.17, 15) is 4.79 Å². The summed E-state index contributed by atoms with van der Waals surface area (Å²) in [6, 6.07) is 1.16. The summed E-state index contributed by atoms with van der Waals surface area (Å²) in [5, 5.41) is 8.23. The van der Waals surface area contributed by atoms with E-state index in [1.54, 1.807) is 32.6 Å². The molecule has 0 saturated carbocycles. The van der Waals surface area contributed by atoms with Gasteiger partial charge in [0.05, 0.1) is 6.20 Å². The van der Waals surface area contributed by atoms with Crippen molar-refractivity contribution in [3.05, 3.63) is 31.0 Å². The fraction of sp³-hybridized carbons (Fsp3) is 0.364. The fourth-order valence-electron chi connectivity index (χ4n) is 1.05. The van der Waals surface area contributed by atoms with Gasteiger partial charge in [0, 0.05) is 12.4 Å². The van der Waals surface area contributed by atoms with Crippen molar-refractivity contribution in [1.82, 2.24) is 14.4 Å². The second kappa shape index (κ2) is 5.95. The summed E-state index contributed by atoms with van der Waals surface area (Å²) < 4.78 is 1.86. The predicted molar refractivity (Wildman–Crippen MR) is 63.4 cm³/mol. The van der Waals surface area contributed by atoms with Gasteiger partial charge in [-0.25, -0.2) is 9.97 Å². The normalized spacial score (nSPS) is 12.0. The van der Waals surface area contributed by atoms with Crippen molar-refractivity contribution in [3.63, 3.8) is 0 Å². The smallest absolute Gasteiger partial charge is 0.320 e. The van der Waals surface area contributed by atoms with Crippen LogP contribution in [-0.4, -0.2) is 31.5 Å². The Morgan fingerprint density at radius 1 is 1.53 bits per heavy atom. The van der Waals surface area contributed by atoms with Gasteiger partial charge in [0.1, 0.15) is 12.4 Å². The van der Waals surface area contributed by atoms with E-state index in [0.717, 1.165) is 5.65 Å². The first kappa shape index (κ1) is 13.1. The number of aromatic nitrogens is 3. The fourth-order valence-corrected chi connectivity index (χ4v) is 1.05. The Morgan fingerprint density at radius 3 is 2.71 bits per heavy atom. The topological polar surface area (TPSA) is 93.5 Å². The Hall–Kier alpha value is -1.95. The Bertz CT molecular complexity index is 451. The summed E-state index contributed by atoms with van der Waals surface area (Å²) in [4.78, 5) is 18.0. The minimum Gasteiger partial charge on any atom is -0.480 e. The molecule has 1 atom stereocenters. The average molecular weight is 236 g/mol. The maximum absolute atomic E-state index is 10.0. The molecule has 6 heteroatoms. The molecule has 0 unspecified atom stereocenters. The van der Waals surface area contributed by atoms with Crippen molar-refractivity contribution in [2.75, 3.05) is 0 Å². The van der Waals surface area contributed by atoms with Crippen molar-refractivity contribution in [1.29, 1.82) is 0 Å². The molecule has 0 aliphatic rings. The van der Waals surface area contributed by atoms with Gasteiger partial charge in [-0.3, -0.25) is 9.20 Å². The van der Waals surface area contributed by atoms with Crippen molar-refractivity contribution in [2.45, 2.75) is 19.9 Å². The van der Waals surface area contributed by atoms with E-state index in [1.807, 2.05) is 16.7 Å². The third-order valence-electron chi connectivity index (χ3n) is 2.19. The number of hydrogen-bond donors (Lipinski definition) is 2. The van der Waals surface area contributed by atoms with Crippen LogP contribution in [0.5, 0.6) is 0 Å². The molecule has 0 aliphatic carbocycles. The molecular formula is C11H16N4O2. The van der Waals surface area contributed by atoms with Crippen LogP contribution in [0.3, 0.4) is 0 Å². The summed E-state index contributed by atoms with van der Waals surface area (Å²) in [6.07, 6.45) is 7.11. The number of hydrogen-bond acceptors (Lipinski definition) is 4. The largest absolute Gasteiger partial charge is 0.480 e. The standard InChI is InChI=1S/C6H5N3.C5H11NO2/c1-2-8-6-4-7-5-9(6)3-1;1-3(2)4(6)5(7)8/h1-5H;3-4H,6H2,1-2H3,(H,7,8)/t;4-/m.0/s1. The number of nitrogens with zero attached hydrogens (tertiary/aromatic N) is 3. The van der Waals surface area contributed by atoms with Crippen molar-refractivity contribution < 1.29 is 9.90 Å². The Morgan fingerprint density at radius 2 is 2.24 bits per heavy atom. The maximum atomic E-state index is 10.0. The number of rotatable bonds is 2. The minimum atomic E-state index is -0.931. The van der Waals surface area contributed by atoms with Gasteiger partial charge in [-0.15, -0.1) is 0 Å². The van der Waals surface area contributed by atoms with Gasteiger partial charge in [-0.1, -0.05) is 13.8 Å². The molecule has 2 rings (SSSR count). The van der Waals surface area contributed by atoms with Crippen LogP contribution in [0.2, 0.25) is 0 Å². The molecule has 0 spiro atoms. The number of imidazole rings is 1. The molecule has 0 aromatic carbocycles.